The van der Waals surface area contributed by atoms with E-state index in [2.05, 4.69) is 24.0 Å². The molecule has 0 bridgehead atoms. The van der Waals surface area contributed by atoms with E-state index in [9.17, 15) is 9.59 Å². The maximum atomic E-state index is 13.0. The summed E-state index contributed by atoms with van der Waals surface area (Å²) in [6.07, 6.45) is 5.20. The van der Waals surface area contributed by atoms with Crippen molar-refractivity contribution in [2.24, 2.45) is 11.3 Å². The molecule has 0 spiro atoms. The molecule has 4 heteroatoms. The lowest BCUT2D eigenvalue weighted by atomic mass is 9.72. The molecule has 1 saturated heterocycles. The van der Waals surface area contributed by atoms with Gasteiger partial charge in [0.15, 0.2) is 11.6 Å². The van der Waals surface area contributed by atoms with E-state index in [0.717, 1.165) is 43.8 Å². The van der Waals surface area contributed by atoms with Crippen LogP contribution < -0.4 is 4.74 Å². The zero-order valence-corrected chi connectivity index (χ0v) is 17.7. The van der Waals surface area contributed by atoms with Crippen molar-refractivity contribution in [1.29, 1.82) is 0 Å². The Morgan fingerprint density at radius 2 is 1.61 bits per heavy atom. The number of likely N-dealkylation sites (tertiary alicyclic amines) is 1. The van der Waals surface area contributed by atoms with Crippen LogP contribution in [0.2, 0.25) is 0 Å². The van der Waals surface area contributed by atoms with Crippen molar-refractivity contribution in [2.75, 3.05) is 20.2 Å². The highest BCUT2D eigenvalue weighted by atomic mass is 16.5. The van der Waals surface area contributed by atoms with E-state index in [0.29, 0.717) is 18.4 Å². The number of piperidine rings is 1. The topological polar surface area (TPSA) is 46.6 Å². The third-order valence-corrected chi connectivity index (χ3v) is 5.96. The number of nitrogens with zero attached hydrogens (tertiary/aromatic N) is 1. The number of allylic oxidation sites excluding steroid dienone is 2. The third kappa shape index (κ3) is 4.65. The number of benzene rings is 1. The number of ketones is 2. The molecule has 0 N–H and O–H groups in total. The first-order chi connectivity index (χ1) is 13.3. The Morgan fingerprint density at radius 1 is 1.04 bits per heavy atom. The first-order valence-corrected chi connectivity index (χ1v) is 10.5. The molecule has 1 aromatic rings. The van der Waals surface area contributed by atoms with Crippen molar-refractivity contribution < 1.29 is 14.3 Å². The zero-order chi connectivity index (χ0) is 20.3. The molecule has 2 fully saturated rings. The van der Waals surface area contributed by atoms with E-state index in [1.165, 1.54) is 12.0 Å². The second-order valence-corrected chi connectivity index (χ2v) is 9.13. The molecule has 1 aliphatic carbocycles. The van der Waals surface area contributed by atoms with Gasteiger partial charge in [-0.05, 0) is 48.8 Å². The molecule has 1 atom stereocenters. The second-order valence-electron chi connectivity index (χ2n) is 9.13. The van der Waals surface area contributed by atoms with Crippen LogP contribution in [0, 0.1) is 11.3 Å². The Balaban J connectivity index is 1.94. The van der Waals surface area contributed by atoms with Crippen molar-refractivity contribution in [3.05, 3.63) is 41.1 Å². The lowest BCUT2D eigenvalue weighted by molar-refractivity contribution is -0.127. The van der Waals surface area contributed by atoms with E-state index < -0.39 is 0 Å². The molecule has 0 amide bonds. The van der Waals surface area contributed by atoms with Crippen LogP contribution in [-0.2, 0) is 16.0 Å². The fourth-order valence-electron chi connectivity index (χ4n) is 4.61. The van der Waals surface area contributed by atoms with E-state index in [4.69, 9.17) is 4.74 Å². The van der Waals surface area contributed by atoms with Crippen molar-refractivity contribution >= 4 is 11.6 Å². The molecule has 1 aromatic carbocycles. The highest BCUT2D eigenvalue weighted by Crippen LogP contribution is 2.38. The van der Waals surface area contributed by atoms with Crippen LogP contribution in [0.1, 0.15) is 58.4 Å². The highest BCUT2D eigenvalue weighted by Gasteiger charge is 2.39. The van der Waals surface area contributed by atoms with Crippen LogP contribution in [0.5, 0.6) is 5.75 Å². The van der Waals surface area contributed by atoms with Gasteiger partial charge in [-0.2, -0.15) is 0 Å². The summed E-state index contributed by atoms with van der Waals surface area (Å²) in [4.78, 5) is 28.4. The lowest BCUT2D eigenvalue weighted by Gasteiger charge is -2.38. The Labute approximate surface area is 168 Å². The fraction of sp³-hybridized carbons (Fsp3) is 0.583. The highest BCUT2D eigenvalue weighted by molar-refractivity contribution is 6.22. The molecule has 1 unspecified atom stereocenters. The van der Waals surface area contributed by atoms with Gasteiger partial charge in [-0.15, -0.1) is 0 Å². The van der Waals surface area contributed by atoms with Crippen LogP contribution in [-0.4, -0.2) is 36.7 Å². The molecular weight excluding hydrogens is 350 g/mol. The van der Waals surface area contributed by atoms with E-state index in [1.54, 1.807) is 7.11 Å². The summed E-state index contributed by atoms with van der Waals surface area (Å²) >= 11 is 0. The van der Waals surface area contributed by atoms with Crippen molar-refractivity contribution in [1.82, 2.24) is 4.90 Å². The van der Waals surface area contributed by atoms with Gasteiger partial charge >= 0.3 is 0 Å². The minimum absolute atomic E-state index is 0.0309. The predicted octanol–water partition coefficient (Wildman–Crippen LogP) is 4.57. The average Bonchev–Trinajstić information content (AvgIpc) is 2.65. The van der Waals surface area contributed by atoms with Gasteiger partial charge in [-0.25, -0.2) is 0 Å². The van der Waals surface area contributed by atoms with Crippen molar-refractivity contribution in [3.8, 4) is 5.75 Å². The number of hydrogen-bond acceptors (Lipinski definition) is 4. The minimum Gasteiger partial charge on any atom is -0.497 e. The van der Waals surface area contributed by atoms with Gasteiger partial charge in [0.05, 0.1) is 12.7 Å². The average molecular weight is 384 g/mol. The summed E-state index contributed by atoms with van der Waals surface area (Å²) in [7, 11) is 1.66. The van der Waals surface area contributed by atoms with Crippen molar-refractivity contribution in [2.45, 2.75) is 59.3 Å². The number of methoxy groups -OCH3 is 1. The van der Waals surface area contributed by atoms with E-state index >= 15 is 0 Å². The largest absolute Gasteiger partial charge is 0.497 e. The molecule has 2 aliphatic rings. The lowest BCUT2D eigenvalue weighted by Crippen LogP contribution is -2.39. The molecule has 3 rings (SSSR count). The first-order valence-electron chi connectivity index (χ1n) is 10.5. The molecular formula is C24H33NO3. The van der Waals surface area contributed by atoms with Gasteiger partial charge in [0.1, 0.15) is 5.75 Å². The van der Waals surface area contributed by atoms with Crippen LogP contribution in [0.4, 0.5) is 0 Å². The Bertz CT molecular complexity index is 733. The summed E-state index contributed by atoms with van der Waals surface area (Å²) in [6, 6.07) is 8.08. The fourth-order valence-corrected chi connectivity index (χ4v) is 4.61. The third-order valence-electron chi connectivity index (χ3n) is 5.96. The number of carbonyl (C=O) groups is 2. The van der Waals surface area contributed by atoms with Crippen LogP contribution in [0.15, 0.2) is 35.5 Å². The summed E-state index contributed by atoms with van der Waals surface area (Å²) in [5.41, 5.74) is 2.44. The number of rotatable bonds is 5. The van der Waals surface area contributed by atoms with Crippen molar-refractivity contribution in [3.63, 3.8) is 0 Å². The van der Waals surface area contributed by atoms with Crippen LogP contribution in [0.25, 0.3) is 0 Å². The van der Waals surface area contributed by atoms with E-state index in [-0.39, 0.29) is 22.9 Å². The molecule has 4 nitrogen and oxygen atoms in total. The Kier molecular flexibility index (Phi) is 6.26. The monoisotopic (exact) mass is 383 g/mol. The summed E-state index contributed by atoms with van der Waals surface area (Å²) < 4.78 is 5.25. The Hall–Kier alpha value is -2.10. The van der Waals surface area contributed by atoms with Gasteiger partial charge in [0.25, 0.3) is 0 Å². The molecule has 1 aliphatic heterocycles. The molecule has 0 radical (unpaired) electrons. The smallest absolute Gasteiger partial charge is 0.168 e. The number of carbonyl (C=O) groups excluding carboxylic acids is 2. The maximum absolute atomic E-state index is 13.0. The molecule has 1 saturated carbocycles. The predicted molar refractivity (Wildman–Crippen MR) is 111 cm³/mol. The molecule has 152 valence electrons. The molecule has 0 aromatic heterocycles. The summed E-state index contributed by atoms with van der Waals surface area (Å²) in [5, 5.41) is 0. The van der Waals surface area contributed by atoms with Crippen LogP contribution in [0.3, 0.4) is 0 Å². The van der Waals surface area contributed by atoms with Gasteiger partial charge < -0.3 is 9.64 Å². The first kappa shape index (κ1) is 20.6. The Morgan fingerprint density at radius 3 is 2.14 bits per heavy atom. The number of hydrogen-bond donors (Lipinski definition) is 0. The standard InChI is InChI=1S/C24H33NO3/c1-17(14-18-8-10-19(28-4)11-9-18)23(25-12-6-5-7-13-25)22-20(26)15-24(2,3)16-21(22)27/h8-11,17H,5-7,12-16H2,1-4H3. The van der Waals surface area contributed by atoms with Gasteiger partial charge in [-0.3, -0.25) is 9.59 Å². The second kappa shape index (κ2) is 8.50. The number of ether oxygens (including phenoxy) is 1. The number of Topliss-reactive ketones (excluding diaryl/α,β-unsaturated/α-hetero) is 2. The van der Waals surface area contributed by atoms with Gasteiger partial charge in [-0.1, -0.05) is 32.9 Å². The summed E-state index contributed by atoms with van der Waals surface area (Å²) in [6.45, 7) is 8.06. The molecule has 28 heavy (non-hydrogen) atoms. The van der Waals surface area contributed by atoms with Gasteiger partial charge in [0.2, 0.25) is 0 Å². The zero-order valence-electron chi connectivity index (χ0n) is 17.7. The quantitative estimate of drug-likeness (QED) is 0.552. The van der Waals surface area contributed by atoms with Crippen LogP contribution >= 0.6 is 0 Å². The van der Waals surface area contributed by atoms with E-state index in [1.807, 2.05) is 26.0 Å². The molecule has 1 heterocycles. The normalized spacial score (nSPS) is 20.9. The van der Waals surface area contributed by atoms with Gasteiger partial charge in [0, 0.05) is 37.5 Å². The minimum atomic E-state index is -0.232. The maximum Gasteiger partial charge on any atom is 0.168 e. The SMILES string of the molecule is COc1ccc(CC(C)C(=C2C(=O)CC(C)(C)CC2=O)N2CCCCC2)cc1. The summed E-state index contributed by atoms with van der Waals surface area (Å²) in [5.74, 6) is 1.02.